The fourth-order valence-electron chi connectivity index (χ4n) is 0.771. The molecule has 0 rings (SSSR count). The molecule has 65 valence electrons. The van der Waals surface area contributed by atoms with Gasteiger partial charge in [0.1, 0.15) is 0 Å². The molecule has 0 saturated heterocycles. The van der Waals surface area contributed by atoms with Gasteiger partial charge in [-0.25, -0.2) is 0 Å². The van der Waals surface area contributed by atoms with E-state index >= 15 is 0 Å². The Bertz CT molecular complexity index is 106. The summed E-state index contributed by atoms with van der Waals surface area (Å²) in [6.07, 6.45) is 4.88. The molecule has 0 atom stereocenters. The fraction of sp³-hybridized carbons (Fsp3) is 0.857. The fourth-order valence-corrected chi connectivity index (χ4v) is 0.771. The van der Waals surface area contributed by atoms with Crippen LogP contribution in [0.2, 0.25) is 0 Å². The zero-order valence-corrected chi connectivity index (χ0v) is 6.62. The quantitative estimate of drug-likeness (QED) is 0.325. The van der Waals surface area contributed by atoms with Gasteiger partial charge in [0.15, 0.2) is 0 Å². The summed E-state index contributed by atoms with van der Waals surface area (Å²) in [5, 5.41) is 8.91. The SMILES string of the molecule is [CH2]CCCCCCO[N+](=O)[O-]. The highest BCUT2D eigenvalue weighted by molar-refractivity contribution is 4.43. The standard InChI is InChI=1S/C7H14NO3/c1-2-3-4-5-6-7-11-8(9)10/h1-7H2. The molecule has 0 fully saturated rings. The van der Waals surface area contributed by atoms with Crippen LogP contribution >= 0.6 is 0 Å². The third-order valence-electron chi connectivity index (χ3n) is 1.34. The Hall–Kier alpha value is -0.800. The van der Waals surface area contributed by atoms with Crippen molar-refractivity contribution in [2.24, 2.45) is 0 Å². The van der Waals surface area contributed by atoms with Crippen molar-refractivity contribution < 1.29 is 9.92 Å². The van der Waals surface area contributed by atoms with Crippen LogP contribution in [-0.2, 0) is 4.84 Å². The smallest absolute Gasteiger partial charge is 0.294 e. The van der Waals surface area contributed by atoms with E-state index in [0.29, 0.717) is 0 Å². The molecule has 0 aliphatic heterocycles. The average molecular weight is 160 g/mol. The lowest BCUT2D eigenvalue weighted by Crippen LogP contribution is -2.01. The first-order chi connectivity index (χ1) is 5.27. The van der Waals surface area contributed by atoms with Crippen LogP contribution in [0.5, 0.6) is 0 Å². The first kappa shape index (κ1) is 10.2. The van der Waals surface area contributed by atoms with Crippen molar-refractivity contribution in [2.75, 3.05) is 6.61 Å². The summed E-state index contributed by atoms with van der Waals surface area (Å²) in [5.41, 5.74) is 0. The summed E-state index contributed by atoms with van der Waals surface area (Å²) in [6, 6.07) is 0. The largest absolute Gasteiger partial charge is 0.314 e. The minimum atomic E-state index is -0.749. The van der Waals surface area contributed by atoms with E-state index in [1.54, 1.807) is 0 Å². The molecule has 0 aromatic carbocycles. The number of hydrogen-bond donors (Lipinski definition) is 0. The van der Waals surface area contributed by atoms with Crippen molar-refractivity contribution in [3.05, 3.63) is 17.0 Å². The molecular weight excluding hydrogens is 146 g/mol. The highest BCUT2D eigenvalue weighted by Gasteiger charge is 1.93. The number of unbranched alkanes of at least 4 members (excludes halogenated alkanes) is 4. The maximum absolute atomic E-state index is 9.66. The maximum atomic E-state index is 9.66. The molecule has 0 saturated carbocycles. The van der Waals surface area contributed by atoms with Gasteiger partial charge in [0.05, 0.1) is 6.61 Å². The van der Waals surface area contributed by atoms with Crippen LogP contribution in [0.15, 0.2) is 0 Å². The first-order valence-electron chi connectivity index (χ1n) is 3.84. The van der Waals surface area contributed by atoms with Crippen LogP contribution in [0.1, 0.15) is 32.1 Å². The second-order valence-corrected chi connectivity index (χ2v) is 2.32. The molecule has 0 aromatic heterocycles. The number of rotatable bonds is 7. The van der Waals surface area contributed by atoms with Crippen LogP contribution in [0.25, 0.3) is 0 Å². The van der Waals surface area contributed by atoms with E-state index in [0.717, 1.165) is 32.1 Å². The van der Waals surface area contributed by atoms with Crippen LogP contribution in [0, 0.1) is 17.0 Å². The molecule has 11 heavy (non-hydrogen) atoms. The molecule has 0 aliphatic rings. The third-order valence-corrected chi connectivity index (χ3v) is 1.34. The molecule has 1 radical (unpaired) electrons. The molecule has 0 amide bonds. The Labute approximate surface area is 66.6 Å². The van der Waals surface area contributed by atoms with E-state index in [2.05, 4.69) is 11.8 Å². The van der Waals surface area contributed by atoms with E-state index in [1.807, 2.05) is 0 Å². The van der Waals surface area contributed by atoms with Gasteiger partial charge in [-0.1, -0.05) is 32.6 Å². The molecule has 0 aromatic rings. The van der Waals surface area contributed by atoms with Crippen molar-refractivity contribution in [3.8, 4) is 0 Å². The van der Waals surface area contributed by atoms with Crippen molar-refractivity contribution in [3.63, 3.8) is 0 Å². The Morgan fingerprint density at radius 3 is 2.45 bits per heavy atom. The van der Waals surface area contributed by atoms with Crippen molar-refractivity contribution in [1.29, 1.82) is 0 Å². The summed E-state index contributed by atoms with van der Waals surface area (Å²) in [5.74, 6) is 0. The van der Waals surface area contributed by atoms with Gasteiger partial charge in [0.2, 0.25) is 0 Å². The summed E-state index contributed by atoms with van der Waals surface area (Å²) < 4.78 is 0. The lowest BCUT2D eigenvalue weighted by atomic mass is 10.2. The first-order valence-corrected chi connectivity index (χ1v) is 3.84. The molecule has 0 spiro atoms. The summed E-state index contributed by atoms with van der Waals surface area (Å²) in [7, 11) is 0. The molecule has 4 nitrogen and oxygen atoms in total. The van der Waals surface area contributed by atoms with Gasteiger partial charge < -0.3 is 4.84 Å². The van der Waals surface area contributed by atoms with Crippen LogP contribution in [0.3, 0.4) is 0 Å². The molecule has 0 heterocycles. The Balaban J connectivity index is 2.85. The maximum Gasteiger partial charge on any atom is 0.294 e. The van der Waals surface area contributed by atoms with Gasteiger partial charge in [-0.2, -0.15) is 0 Å². The second-order valence-electron chi connectivity index (χ2n) is 2.32. The zero-order valence-electron chi connectivity index (χ0n) is 6.62. The zero-order chi connectivity index (χ0) is 8.53. The molecule has 4 heteroatoms. The molecule has 0 N–H and O–H groups in total. The summed E-state index contributed by atoms with van der Waals surface area (Å²) in [6.45, 7) is 3.92. The second kappa shape index (κ2) is 7.31. The van der Waals surface area contributed by atoms with Crippen molar-refractivity contribution in [1.82, 2.24) is 0 Å². The van der Waals surface area contributed by atoms with Crippen LogP contribution in [0.4, 0.5) is 0 Å². The molecule has 0 unspecified atom stereocenters. The Morgan fingerprint density at radius 2 is 1.91 bits per heavy atom. The van der Waals surface area contributed by atoms with Gasteiger partial charge in [-0.05, 0) is 6.42 Å². The minimum Gasteiger partial charge on any atom is -0.314 e. The predicted molar refractivity (Wildman–Crippen MR) is 41.4 cm³/mol. The van der Waals surface area contributed by atoms with Crippen molar-refractivity contribution in [2.45, 2.75) is 32.1 Å². The summed E-state index contributed by atoms with van der Waals surface area (Å²) >= 11 is 0. The summed E-state index contributed by atoms with van der Waals surface area (Å²) in [4.78, 5) is 13.8. The molecule has 0 bridgehead atoms. The normalized spacial score (nSPS) is 9.55. The molecular formula is C7H14NO3. The van der Waals surface area contributed by atoms with Crippen LogP contribution < -0.4 is 0 Å². The molecule has 0 aliphatic carbocycles. The third kappa shape index (κ3) is 9.20. The van der Waals surface area contributed by atoms with Crippen LogP contribution in [-0.4, -0.2) is 11.7 Å². The minimum absolute atomic E-state index is 0.226. The lowest BCUT2D eigenvalue weighted by Gasteiger charge is -1.97. The van der Waals surface area contributed by atoms with Gasteiger partial charge in [-0.15, -0.1) is 10.1 Å². The van der Waals surface area contributed by atoms with Crippen molar-refractivity contribution >= 4 is 0 Å². The van der Waals surface area contributed by atoms with Gasteiger partial charge in [0.25, 0.3) is 5.09 Å². The van der Waals surface area contributed by atoms with E-state index < -0.39 is 5.09 Å². The van der Waals surface area contributed by atoms with E-state index in [4.69, 9.17) is 0 Å². The monoisotopic (exact) mass is 160 g/mol. The Kier molecular flexibility index (Phi) is 6.78. The van der Waals surface area contributed by atoms with E-state index in [-0.39, 0.29) is 6.61 Å². The van der Waals surface area contributed by atoms with E-state index in [1.165, 1.54) is 0 Å². The highest BCUT2D eigenvalue weighted by atomic mass is 16.9. The predicted octanol–water partition coefficient (Wildman–Crippen LogP) is 1.98. The average Bonchev–Trinajstić information content (AvgIpc) is 1.96. The van der Waals surface area contributed by atoms with Gasteiger partial charge >= 0.3 is 0 Å². The Morgan fingerprint density at radius 1 is 1.27 bits per heavy atom. The van der Waals surface area contributed by atoms with E-state index in [9.17, 15) is 10.1 Å². The van der Waals surface area contributed by atoms with Gasteiger partial charge in [0, 0.05) is 0 Å². The van der Waals surface area contributed by atoms with Gasteiger partial charge in [-0.3, -0.25) is 0 Å². The number of nitrogens with zero attached hydrogens (tertiary/aromatic N) is 1. The topological polar surface area (TPSA) is 52.4 Å². The number of hydrogen-bond acceptors (Lipinski definition) is 3. The highest BCUT2D eigenvalue weighted by Crippen LogP contribution is 2.01. The lowest BCUT2D eigenvalue weighted by molar-refractivity contribution is -0.757.